The number of rotatable bonds is 3. The predicted molar refractivity (Wildman–Crippen MR) is 66.7 cm³/mol. The molecule has 0 amide bonds. The minimum absolute atomic E-state index is 0.240. The lowest BCUT2D eigenvalue weighted by Gasteiger charge is -1.98. The van der Waals surface area contributed by atoms with Crippen LogP contribution in [0.25, 0.3) is 10.2 Å². The van der Waals surface area contributed by atoms with Crippen molar-refractivity contribution in [3.8, 4) is 0 Å². The molecule has 6 heteroatoms. The fourth-order valence-corrected chi connectivity index (χ4v) is 4.74. The Balaban J connectivity index is 2.80. The predicted octanol–water partition coefficient (Wildman–Crippen LogP) is 3.18. The lowest BCUT2D eigenvalue weighted by atomic mass is 10.2. The number of fused-ring (bicyclic) bond motifs is 1. The Hall–Kier alpha value is -0.650. The molecule has 0 aromatic carbocycles. The van der Waals surface area contributed by atoms with E-state index in [1.807, 2.05) is 6.92 Å². The van der Waals surface area contributed by atoms with Crippen molar-refractivity contribution >= 4 is 41.3 Å². The molecule has 2 aromatic rings. The summed E-state index contributed by atoms with van der Waals surface area (Å²) < 4.78 is 23.1. The molecule has 16 heavy (non-hydrogen) atoms. The molecule has 2 rings (SSSR count). The van der Waals surface area contributed by atoms with Crippen molar-refractivity contribution in [2.45, 2.75) is 24.7 Å². The number of aryl methyl sites for hydroxylation is 1. The van der Waals surface area contributed by atoms with Gasteiger partial charge in [0.25, 0.3) is 9.05 Å². The van der Waals surface area contributed by atoms with Crippen LogP contribution in [-0.2, 0) is 15.5 Å². The van der Waals surface area contributed by atoms with E-state index in [2.05, 4.69) is 4.98 Å². The van der Waals surface area contributed by atoms with E-state index in [-0.39, 0.29) is 4.90 Å². The molecule has 2 heterocycles. The molecule has 0 spiro atoms. The SMILES string of the molecule is CCCc1sc2ncccc2c1S(=O)(=O)Cl. The second-order valence-electron chi connectivity index (χ2n) is 3.40. The minimum atomic E-state index is -3.70. The van der Waals surface area contributed by atoms with Crippen LogP contribution in [0.2, 0.25) is 0 Å². The van der Waals surface area contributed by atoms with Gasteiger partial charge in [-0.3, -0.25) is 0 Å². The van der Waals surface area contributed by atoms with Crippen LogP contribution in [0.15, 0.2) is 23.2 Å². The summed E-state index contributed by atoms with van der Waals surface area (Å²) in [6, 6.07) is 3.46. The Bertz CT molecular complexity index is 619. The van der Waals surface area contributed by atoms with Crippen LogP contribution in [0.1, 0.15) is 18.2 Å². The van der Waals surface area contributed by atoms with Crippen LogP contribution in [-0.4, -0.2) is 13.4 Å². The summed E-state index contributed by atoms with van der Waals surface area (Å²) in [5.41, 5.74) is 0. The van der Waals surface area contributed by atoms with Crippen molar-refractivity contribution in [3.05, 3.63) is 23.2 Å². The molecule has 86 valence electrons. The first-order chi connectivity index (χ1) is 7.54. The van der Waals surface area contributed by atoms with Gasteiger partial charge in [-0.05, 0) is 18.6 Å². The van der Waals surface area contributed by atoms with Crippen molar-refractivity contribution in [2.75, 3.05) is 0 Å². The molecule has 3 nitrogen and oxygen atoms in total. The topological polar surface area (TPSA) is 47.0 Å². The Morgan fingerprint density at radius 3 is 2.88 bits per heavy atom. The summed E-state index contributed by atoms with van der Waals surface area (Å²) in [4.78, 5) is 5.92. The Labute approximate surface area is 103 Å². The van der Waals surface area contributed by atoms with E-state index in [1.165, 1.54) is 11.3 Å². The van der Waals surface area contributed by atoms with Gasteiger partial charge in [0.05, 0.1) is 0 Å². The van der Waals surface area contributed by atoms with Crippen molar-refractivity contribution in [1.29, 1.82) is 0 Å². The Morgan fingerprint density at radius 1 is 1.50 bits per heavy atom. The Kier molecular flexibility index (Phi) is 3.19. The normalized spacial score (nSPS) is 12.1. The van der Waals surface area contributed by atoms with Gasteiger partial charge in [-0.25, -0.2) is 13.4 Å². The van der Waals surface area contributed by atoms with Crippen molar-refractivity contribution in [3.63, 3.8) is 0 Å². The fourth-order valence-electron chi connectivity index (χ4n) is 1.62. The molecule has 0 atom stereocenters. The standard InChI is InChI=1S/C10H10ClNO2S2/c1-2-4-8-9(16(11,13)14)7-5-3-6-12-10(7)15-8/h3,5-6H,2,4H2,1H3. The number of nitrogens with zero attached hydrogens (tertiary/aromatic N) is 1. The number of hydrogen-bond donors (Lipinski definition) is 0. The van der Waals surface area contributed by atoms with E-state index in [0.29, 0.717) is 11.8 Å². The third-order valence-electron chi connectivity index (χ3n) is 2.21. The maximum atomic E-state index is 11.5. The van der Waals surface area contributed by atoms with Gasteiger partial charge in [-0.1, -0.05) is 13.3 Å². The van der Waals surface area contributed by atoms with Gasteiger partial charge in [0.1, 0.15) is 9.73 Å². The van der Waals surface area contributed by atoms with Crippen LogP contribution in [0.5, 0.6) is 0 Å². The molecule has 0 saturated heterocycles. The molecule has 0 unspecified atom stereocenters. The maximum absolute atomic E-state index is 11.5. The average Bonchev–Trinajstić information content (AvgIpc) is 2.55. The van der Waals surface area contributed by atoms with Crippen LogP contribution < -0.4 is 0 Å². The largest absolute Gasteiger partial charge is 0.263 e. The summed E-state index contributed by atoms with van der Waals surface area (Å²) in [5.74, 6) is 0. The van der Waals surface area contributed by atoms with Crippen LogP contribution in [0.3, 0.4) is 0 Å². The first-order valence-corrected chi connectivity index (χ1v) is 7.97. The molecule has 0 N–H and O–H groups in total. The zero-order chi connectivity index (χ0) is 11.8. The monoisotopic (exact) mass is 275 g/mol. The highest BCUT2D eigenvalue weighted by molar-refractivity contribution is 8.14. The van der Waals surface area contributed by atoms with E-state index in [1.54, 1.807) is 18.3 Å². The molecule has 0 fully saturated rings. The second-order valence-corrected chi connectivity index (χ2v) is 6.98. The Morgan fingerprint density at radius 2 is 2.25 bits per heavy atom. The van der Waals surface area contributed by atoms with Crippen molar-refractivity contribution in [2.24, 2.45) is 0 Å². The highest BCUT2D eigenvalue weighted by Gasteiger charge is 2.22. The number of hydrogen-bond acceptors (Lipinski definition) is 4. The number of thiophene rings is 1. The van der Waals surface area contributed by atoms with Gasteiger partial charge in [0, 0.05) is 27.1 Å². The van der Waals surface area contributed by atoms with Gasteiger partial charge in [-0.15, -0.1) is 11.3 Å². The van der Waals surface area contributed by atoms with E-state index in [4.69, 9.17) is 10.7 Å². The zero-order valence-electron chi connectivity index (χ0n) is 8.60. The first kappa shape index (κ1) is 11.8. The highest BCUT2D eigenvalue weighted by Crippen LogP contribution is 2.35. The average molecular weight is 276 g/mol. The van der Waals surface area contributed by atoms with E-state index >= 15 is 0 Å². The van der Waals surface area contributed by atoms with Crippen LogP contribution in [0, 0.1) is 0 Å². The van der Waals surface area contributed by atoms with Gasteiger partial charge >= 0.3 is 0 Å². The highest BCUT2D eigenvalue weighted by atomic mass is 35.7. The fraction of sp³-hybridized carbons (Fsp3) is 0.300. The summed E-state index contributed by atoms with van der Waals surface area (Å²) >= 11 is 1.40. The second kappa shape index (κ2) is 4.31. The number of aromatic nitrogens is 1. The zero-order valence-corrected chi connectivity index (χ0v) is 11.0. The summed E-state index contributed by atoms with van der Waals surface area (Å²) in [7, 11) is 1.77. The molecule has 0 saturated carbocycles. The smallest absolute Gasteiger partial charge is 0.245 e. The maximum Gasteiger partial charge on any atom is 0.263 e. The third kappa shape index (κ3) is 2.07. The molecule has 0 bridgehead atoms. The van der Waals surface area contributed by atoms with Gasteiger partial charge in [0.2, 0.25) is 0 Å². The summed E-state index contributed by atoms with van der Waals surface area (Å²) in [6.07, 6.45) is 3.24. The van der Waals surface area contributed by atoms with Gasteiger partial charge in [0.15, 0.2) is 0 Å². The summed E-state index contributed by atoms with van der Waals surface area (Å²) in [6.45, 7) is 2.00. The van der Waals surface area contributed by atoms with Crippen molar-refractivity contribution in [1.82, 2.24) is 4.98 Å². The molecule has 2 aromatic heterocycles. The quantitative estimate of drug-likeness (QED) is 0.809. The van der Waals surface area contributed by atoms with Crippen molar-refractivity contribution < 1.29 is 8.42 Å². The summed E-state index contributed by atoms with van der Waals surface area (Å²) in [5, 5.41) is 0.631. The van der Waals surface area contributed by atoms with Gasteiger partial charge in [-0.2, -0.15) is 0 Å². The van der Waals surface area contributed by atoms with E-state index in [9.17, 15) is 8.42 Å². The lowest BCUT2D eigenvalue weighted by Crippen LogP contribution is -1.93. The van der Waals surface area contributed by atoms with Crippen LogP contribution in [0.4, 0.5) is 0 Å². The van der Waals surface area contributed by atoms with Crippen LogP contribution >= 0.6 is 22.0 Å². The molecule has 0 radical (unpaired) electrons. The molecule has 0 aliphatic heterocycles. The third-order valence-corrected chi connectivity index (χ3v) is 4.93. The molecular formula is C10H10ClNO2S2. The molecule has 0 aliphatic carbocycles. The number of pyridine rings is 1. The van der Waals surface area contributed by atoms with E-state index < -0.39 is 9.05 Å². The molecular weight excluding hydrogens is 266 g/mol. The minimum Gasteiger partial charge on any atom is -0.245 e. The van der Waals surface area contributed by atoms with E-state index in [0.717, 1.165) is 16.1 Å². The lowest BCUT2D eigenvalue weighted by molar-refractivity contribution is 0.609. The first-order valence-electron chi connectivity index (χ1n) is 4.85. The van der Waals surface area contributed by atoms with Gasteiger partial charge < -0.3 is 0 Å². The number of halogens is 1. The molecule has 0 aliphatic rings.